The Hall–Kier alpha value is -1.36. The standard InChI is InChI=1S/C10H12ClFN2O2/c1-3-13(4-2)8-6-5-7(14(15)16)9(11)10(8)12/h5-6H,3-4H2,1-2H3. The quantitative estimate of drug-likeness (QED) is 0.605. The van der Waals surface area contributed by atoms with Crippen LogP contribution in [0.1, 0.15) is 13.8 Å². The smallest absolute Gasteiger partial charge is 0.291 e. The molecule has 0 aromatic heterocycles. The highest BCUT2D eigenvalue weighted by Crippen LogP contribution is 2.33. The van der Waals surface area contributed by atoms with Gasteiger partial charge < -0.3 is 4.90 Å². The van der Waals surface area contributed by atoms with E-state index in [-0.39, 0.29) is 0 Å². The highest BCUT2D eigenvalue weighted by molar-refractivity contribution is 6.33. The summed E-state index contributed by atoms with van der Waals surface area (Å²) >= 11 is 5.61. The minimum absolute atomic E-state index is 0.292. The summed E-state index contributed by atoms with van der Waals surface area (Å²) in [5.41, 5.74) is -0.115. The van der Waals surface area contributed by atoms with Crippen LogP contribution in [-0.4, -0.2) is 18.0 Å². The third kappa shape index (κ3) is 2.24. The zero-order valence-electron chi connectivity index (χ0n) is 9.04. The van der Waals surface area contributed by atoms with Gasteiger partial charge in [0, 0.05) is 19.2 Å². The van der Waals surface area contributed by atoms with Gasteiger partial charge in [-0.05, 0) is 19.9 Å². The molecule has 0 fully saturated rings. The van der Waals surface area contributed by atoms with Crippen LogP contribution in [0.5, 0.6) is 0 Å². The Morgan fingerprint density at radius 3 is 2.44 bits per heavy atom. The first-order valence-corrected chi connectivity index (χ1v) is 5.28. The Bertz CT molecular complexity index is 408. The second kappa shape index (κ2) is 5.12. The van der Waals surface area contributed by atoms with Gasteiger partial charge in [-0.2, -0.15) is 0 Å². The van der Waals surface area contributed by atoms with Gasteiger partial charge in [0.1, 0.15) is 0 Å². The van der Waals surface area contributed by atoms with Gasteiger partial charge in [0.25, 0.3) is 5.69 Å². The number of nitro groups is 1. The molecule has 0 spiro atoms. The SMILES string of the molecule is CCN(CC)c1ccc([N+](=O)[O-])c(Cl)c1F. The first-order valence-electron chi connectivity index (χ1n) is 4.90. The van der Waals surface area contributed by atoms with Crippen molar-refractivity contribution in [1.82, 2.24) is 0 Å². The molecule has 0 saturated carbocycles. The average molecular weight is 247 g/mol. The van der Waals surface area contributed by atoms with Gasteiger partial charge >= 0.3 is 0 Å². The van der Waals surface area contributed by atoms with Crippen LogP contribution in [-0.2, 0) is 0 Å². The van der Waals surface area contributed by atoms with Crippen LogP contribution in [0.15, 0.2) is 12.1 Å². The summed E-state index contributed by atoms with van der Waals surface area (Å²) in [5, 5.41) is 10.1. The maximum atomic E-state index is 13.8. The lowest BCUT2D eigenvalue weighted by atomic mass is 10.2. The number of hydrogen-bond acceptors (Lipinski definition) is 3. The van der Waals surface area contributed by atoms with E-state index in [0.29, 0.717) is 18.8 Å². The average Bonchev–Trinajstić information content (AvgIpc) is 2.25. The molecule has 0 radical (unpaired) electrons. The first kappa shape index (κ1) is 12.7. The highest BCUT2D eigenvalue weighted by atomic mass is 35.5. The molecule has 0 heterocycles. The third-order valence-corrected chi connectivity index (χ3v) is 2.70. The van der Waals surface area contributed by atoms with E-state index in [0.717, 1.165) is 0 Å². The lowest BCUT2D eigenvalue weighted by Gasteiger charge is -2.21. The number of anilines is 1. The molecule has 0 saturated heterocycles. The maximum absolute atomic E-state index is 13.8. The first-order chi connectivity index (χ1) is 7.52. The van der Waals surface area contributed by atoms with E-state index in [1.807, 2.05) is 13.8 Å². The van der Waals surface area contributed by atoms with Gasteiger partial charge in [-0.3, -0.25) is 10.1 Å². The Balaban J connectivity index is 3.26. The van der Waals surface area contributed by atoms with E-state index in [9.17, 15) is 14.5 Å². The van der Waals surface area contributed by atoms with Crippen molar-refractivity contribution in [1.29, 1.82) is 0 Å². The summed E-state index contributed by atoms with van der Waals surface area (Å²) < 4.78 is 13.8. The van der Waals surface area contributed by atoms with Crippen LogP contribution in [0.3, 0.4) is 0 Å². The lowest BCUT2D eigenvalue weighted by molar-refractivity contribution is -0.384. The zero-order chi connectivity index (χ0) is 12.3. The van der Waals surface area contributed by atoms with Gasteiger partial charge in [-0.1, -0.05) is 11.6 Å². The Morgan fingerprint density at radius 1 is 1.44 bits per heavy atom. The van der Waals surface area contributed by atoms with E-state index in [4.69, 9.17) is 11.6 Å². The molecular weight excluding hydrogens is 235 g/mol. The largest absolute Gasteiger partial charge is 0.370 e. The van der Waals surface area contributed by atoms with Crippen molar-refractivity contribution in [3.05, 3.63) is 33.1 Å². The second-order valence-corrected chi connectivity index (χ2v) is 3.54. The molecule has 0 N–H and O–H groups in total. The summed E-state index contributed by atoms with van der Waals surface area (Å²) in [4.78, 5) is 11.6. The van der Waals surface area contributed by atoms with E-state index < -0.39 is 21.5 Å². The fourth-order valence-electron chi connectivity index (χ4n) is 1.48. The lowest BCUT2D eigenvalue weighted by Crippen LogP contribution is -2.23. The van der Waals surface area contributed by atoms with Gasteiger partial charge in [-0.25, -0.2) is 4.39 Å². The molecule has 0 amide bonds. The van der Waals surface area contributed by atoms with Crippen LogP contribution in [0, 0.1) is 15.9 Å². The summed E-state index contributed by atoms with van der Waals surface area (Å²) in [6, 6.07) is 2.60. The minimum Gasteiger partial charge on any atom is -0.370 e. The molecule has 0 atom stereocenters. The molecule has 1 aromatic carbocycles. The minimum atomic E-state index is -0.737. The Morgan fingerprint density at radius 2 is 2.00 bits per heavy atom. The fraction of sp³-hybridized carbons (Fsp3) is 0.400. The van der Waals surface area contributed by atoms with Crippen molar-refractivity contribution in [2.24, 2.45) is 0 Å². The summed E-state index contributed by atoms with van der Waals surface area (Å²) in [6.45, 7) is 4.97. The van der Waals surface area contributed by atoms with Crippen molar-refractivity contribution in [3.63, 3.8) is 0 Å². The molecule has 6 heteroatoms. The number of nitro benzene ring substituents is 1. The van der Waals surface area contributed by atoms with Crippen molar-refractivity contribution in [2.45, 2.75) is 13.8 Å². The molecule has 16 heavy (non-hydrogen) atoms. The second-order valence-electron chi connectivity index (χ2n) is 3.16. The van der Waals surface area contributed by atoms with E-state index in [2.05, 4.69) is 0 Å². The molecule has 0 aliphatic rings. The number of nitrogens with zero attached hydrogens (tertiary/aromatic N) is 2. The number of benzene rings is 1. The van der Waals surface area contributed by atoms with E-state index in [1.54, 1.807) is 4.90 Å². The predicted molar refractivity (Wildman–Crippen MR) is 61.6 cm³/mol. The molecule has 0 bridgehead atoms. The summed E-state index contributed by atoms with van der Waals surface area (Å²) in [6.07, 6.45) is 0. The Kier molecular flexibility index (Phi) is 4.06. The van der Waals surface area contributed by atoms with Gasteiger partial charge in [-0.15, -0.1) is 0 Å². The molecule has 0 aliphatic heterocycles. The number of hydrogen-bond donors (Lipinski definition) is 0. The maximum Gasteiger partial charge on any atom is 0.291 e. The van der Waals surface area contributed by atoms with E-state index >= 15 is 0 Å². The van der Waals surface area contributed by atoms with Crippen molar-refractivity contribution < 1.29 is 9.31 Å². The monoisotopic (exact) mass is 246 g/mol. The third-order valence-electron chi connectivity index (χ3n) is 2.34. The van der Waals surface area contributed by atoms with E-state index in [1.165, 1.54) is 12.1 Å². The summed E-state index contributed by atoms with van der Waals surface area (Å²) in [5.74, 6) is -0.737. The van der Waals surface area contributed by atoms with Crippen molar-refractivity contribution in [3.8, 4) is 0 Å². The molecule has 88 valence electrons. The summed E-state index contributed by atoms with van der Waals surface area (Å²) in [7, 11) is 0. The van der Waals surface area contributed by atoms with Crippen LogP contribution in [0.2, 0.25) is 5.02 Å². The van der Waals surface area contributed by atoms with Crippen LogP contribution >= 0.6 is 11.6 Å². The normalized spacial score (nSPS) is 10.2. The molecular formula is C10H12ClFN2O2. The Labute approximate surface area is 97.8 Å². The van der Waals surface area contributed by atoms with Crippen LogP contribution in [0.25, 0.3) is 0 Å². The predicted octanol–water partition coefficient (Wildman–Crippen LogP) is 3.23. The van der Waals surface area contributed by atoms with Gasteiger partial charge in [0.05, 0.1) is 10.6 Å². The van der Waals surface area contributed by atoms with Gasteiger partial charge in [0.15, 0.2) is 10.8 Å². The fourth-order valence-corrected chi connectivity index (χ4v) is 1.71. The number of rotatable bonds is 4. The molecule has 0 unspecified atom stereocenters. The number of halogens is 2. The highest BCUT2D eigenvalue weighted by Gasteiger charge is 2.21. The molecule has 1 rings (SSSR count). The molecule has 4 nitrogen and oxygen atoms in total. The van der Waals surface area contributed by atoms with Crippen molar-refractivity contribution in [2.75, 3.05) is 18.0 Å². The zero-order valence-corrected chi connectivity index (χ0v) is 9.79. The molecule has 0 aliphatic carbocycles. The molecule has 1 aromatic rings. The van der Waals surface area contributed by atoms with Crippen LogP contribution in [0.4, 0.5) is 15.8 Å². The topological polar surface area (TPSA) is 46.4 Å². The van der Waals surface area contributed by atoms with Gasteiger partial charge in [0.2, 0.25) is 0 Å². The van der Waals surface area contributed by atoms with Crippen LogP contribution < -0.4 is 4.90 Å². The van der Waals surface area contributed by atoms with Crippen molar-refractivity contribution >= 4 is 23.0 Å².